The first-order valence-corrected chi connectivity index (χ1v) is 18.3. The van der Waals surface area contributed by atoms with Crippen molar-refractivity contribution in [1.29, 1.82) is 0 Å². The fourth-order valence-electron chi connectivity index (χ4n) is 6.18. The quantitative estimate of drug-likeness (QED) is 0.126. The minimum Gasteiger partial charge on any atom is -0.346 e. The average Bonchev–Trinajstić information content (AvgIpc) is 3.49. The van der Waals surface area contributed by atoms with Crippen molar-refractivity contribution < 1.29 is 32.4 Å². The Morgan fingerprint density at radius 1 is 1.06 bits per heavy atom. The molecular formula is C34H48N8O7S. The molecule has 1 saturated carbocycles. The zero-order valence-electron chi connectivity index (χ0n) is 29.1. The summed E-state index contributed by atoms with van der Waals surface area (Å²) in [5.41, 5.74) is -0.572. The number of benzene rings is 1. The van der Waals surface area contributed by atoms with Crippen molar-refractivity contribution in [2.24, 2.45) is 23.2 Å². The summed E-state index contributed by atoms with van der Waals surface area (Å²) in [5, 5.41) is 13.4. The van der Waals surface area contributed by atoms with Crippen molar-refractivity contribution in [2.45, 2.75) is 89.6 Å². The van der Waals surface area contributed by atoms with E-state index in [1.165, 1.54) is 11.0 Å². The normalized spacial score (nSPS) is 19.7. The van der Waals surface area contributed by atoms with Crippen LogP contribution in [0.5, 0.6) is 0 Å². The van der Waals surface area contributed by atoms with Gasteiger partial charge in [-0.05, 0) is 41.6 Å². The molecule has 2 aromatic rings. The first-order valence-electron chi connectivity index (χ1n) is 16.8. The monoisotopic (exact) mass is 712 g/mol. The maximum absolute atomic E-state index is 14.5. The molecule has 1 aliphatic carbocycles. The van der Waals surface area contributed by atoms with Crippen LogP contribution >= 0.6 is 0 Å². The molecule has 50 heavy (non-hydrogen) atoms. The van der Waals surface area contributed by atoms with Gasteiger partial charge in [-0.2, -0.15) is 9.82 Å². The second kappa shape index (κ2) is 16.1. The summed E-state index contributed by atoms with van der Waals surface area (Å²) in [5.74, 6) is -3.55. The van der Waals surface area contributed by atoms with E-state index in [1.807, 2.05) is 13.8 Å². The van der Waals surface area contributed by atoms with Gasteiger partial charge < -0.3 is 20.9 Å². The smallest absolute Gasteiger partial charge is 0.289 e. The Hall–Kier alpha value is -4.44. The predicted molar refractivity (Wildman–Crippen MR) is 183 cm³/mol. The van der Waals surface area contributed by atoms with Gasteiger partial charge in [0.2, 0.25) is 23.5 Å². The number of sulfonamides is 1. The molecule has 2 heterocycles. The van der Waals surface area contributed by atoms with Gasteiger partial charge in [0.05, 0.1) is 6.04 Å². The first-order chi connectivity index (χ1) is 23.5. The Morgan fingerprint density at radius 3 is 2.30 bits per heavy atom. The van der Waals surface area contributed by atoms with Gasteiger partial charge >= 0.3 is 0 Å². The molecular weight excluding hydrogens is 664 g/mol. The van der Waals surface area contributed by atoms with Gasteiger partial charge in [-0.25, -0.2) is 18.5 Å². The average molecular weight is 713 g/mol. The molecule has 5 N–H and O–H groups in total. The fourth-order valence-corrected chi connectivity index (χ4v) is 7.20. The molecule has 4 rings (SSSR count). The van der Waals surface area contributed by atoms with Crippen molar-refractivity contribution in [1.82, 2.24) is 40.8 Å². The van der Waals surface area contributed by atoms with Gasteiger partial charge in [-0.1, -0.05) is 83.9 Å². The van der Waals surface area contributed by atoms with Crippen LogP contribution in [0.3, 0.4) is 0 Å². The fraction of sp³-hybridized carbons (Fsp3) is 0.559. The number of aromatic nitrogens is 3. The standard InChI is InChI=1S/C34H48N8O7S/c1-7-16-35-31(46)27(43)24(18-21-13-14-21)38-30(45)26-23(20(2)3)15-17-42(26)32(47)28(34(4,5)6)39-29(44)25(22-11-9-8-10-12-22)41-50(48,49)33-36-19-37-40-33/h7-12,19-21,23-26,28,41H,1,13-18H2,2-6H3,(H,35,46)(H,38,45)(H,39,44)(H,36,37,40)/t23-,24?,25+,26+,28-/m1/s1. The third kappa shape index (κ3) is 9.41. The second-order valence-electron chi connectivity index (χ2n) is 14.3. The Labute approximate surface area is 292 Å². The largest absolute Gasteiger partial charge is 0.346 e. The van der Waals surface area contributed by atoms with E-state index in [1.54, 1.807) is 51.1 Å². The zero-order chi connectivity index (χ0) is 36.8. The minimum atomic E-state index is -4.34. The van der Waals surface area contributed by atoms with Crippen LogP contribution < -0.4 is 20.7 Å². The van der Waals surface area contributed by atoms with Crippen molar-refractivity contribution in [3.8, 4) is 0 Å². The van der Waals surface area contributed by atoms with Gasteiger partial charge in [0, 0.05) is 13.1 Å². The van der Waals surface area contributed by atoms with E-state index < -0.39 is 74.2 Å². The number of likely N-dealkylation sites (tertiary alicyclic amines) is 1. The number of nitrogens with zero attached hydrogens (tertiary/aromatic N) is 3. The molecule has 1 saturated heterocycles. The molecule has 2 aliphatic rings. The molecule has 5 atom stereocenters. The van der Waals surface area contributed by atoms with Crippen molar-refractivity contribution >= 4 is 39.4 Å². The highest BCUT2D eigenvalue weighted by Crippen LogP contribution is 2.36. The van der Waals surface area contributed by atoms with Crippen molar-refractivity contribution in [3.63, 3.8) is 0 Å². The maximum atomic E-state index is 14.5. The predicted octanol–water partition coefficient (Wildman–Crippen LogP) is 1.38. The number of ketones is 1. The Morgan fingerprint density at radius 2 is 1.74 bits per heavy atom. The molecule has 0 radical (unpaired) electrons. The molecule has 16 heteroatoms. The first kappa shape index (κ1) is 38.4. The van der Waals surface area contributed by atoms with Gasteiger partial charge in [-0.3, -0.25) is 24.0 Å². The Bertz CT molecular complexity index is 1650. The summed E-state index contributed by atoms with van der Waals surface area (Å²) >= 11 is 0. The van der Waals surface area contributed by atoms with E-state index in [2.05, 4.69) is 42.4 Å². The summed E-state index contributed by atoms with van der Waals surface area (Å²) < 4.78 is 28.6. The Balaban J connectivity index is 1.61. The van der Waals surface area contributed by atoms with Crippen LogP contribution in [0.1, 0.15) is 71.9 Å². The second-order valence-corrected chi connectivity index (χ2v) is 16.0. The number of amides is 4. The van der Waals surface area contributed by atoms with Gasteiger partial charge in [0.15, 0.2) is 0 Å². The molecule has 15 nitrogen and oxygen atoms in total. The molecule has 2 fully saturated rings. The van der Waals surface area contributed by atoms with Crippen LogP contribution in [-0.4, -0.2) is 89.1 Å². The highest BCUT2D eigenvalue weighted by atomic mass is 32.2. The van der Waals surface area contributed by atoms with E-state index in [0.717, 1.165) is 19.2 Å². The van der Waals surface area contributed by atoms with Crippen LogP contribution in [0.15, 0.2) is 54.5 Å². The number of hydrogen-bond acceptors (Lipinski definition) is 9. The van der Waals surface area contributed by atoms with Crippen molar-refractivity contribution in [2.75, 3.05) is 13.1 Å². The van der Waals surface area contributed by atoms with Crippen LogP contribution in [0.4, 0.5) is 0 Å². The van der Waals surface area contributed by atoms with E-state index in [9.17, 15) is 32.4 Å². The number of H-pyrrole nitrogens is 1. The molecule has 272 valence electrons. The number of hydrogen-bond donors (Lipinski definition) is 5. The van der Waals surface area contributed by atoms with Crippen molar-refractivity contribution in [3.05, 3.63) is 54.9 Å². The molecule has 1 aromatic heterocycles. The Kier molecular flexibility index (Phi) is 12.3. The number of carbonyl (C=O) groups excluding carboxylic acids is 5. The van der Waals surface area contributed by atoms with Gasteiger partial charge in [0.25, 0.3) is 21.1 Å². The maximum Gasteiger partial charge on any atom is 0.289 e. The van der Waals surface area contributed by atoms with E-state index in [4.69, 9.17) is 0 Å². The van der Waals surface area contributed by atoms with E-state index in [-0.39, 0.29) is 30.8 Å². The molecule has 0 spiro atoms. The third-order valence-electron chi connectivity index (χ3n) is 9.10. The summed E-state index contributed by atoms with van der Waals surface area (Å²) in [6.45, 7) is 13.0. The lowest BCUT2D eigenvalue weighted by molar-refractivity contribution is -0.146. The highest BCUT2D eigenvalue weighted by Gasteiger charge is 2.48. The number of carbonyl (C=O) groups is 5. The van der Waals surface area contributed by atoms with Crippen LogP contribution in [-0.2, 0) is 34.0 Å². The molecule has 1 unspecified atom stereocenters. The topological polar surface area (TPSA) is 212 Å². The lowest BCUT2D eigenvalue weighted by Gasteiger charge is -2.37. The molecule has 4 amide bonds. The zero-order valence-corrected chi connectivity index (χ0v) is 30.0. The molecule has 0 bridgehead atoms. The minimum absolute atomic E-state index is 0.0207. The van der Waals surface area contributed by atoms with Gasteiger partial charge in [-0.15, -0.1) is 6.58 Å². The summed E-state index contributed by atoms with van der Waals surface area (Å²) in [6.07, 6.45) is 5.06. The lowest BCUT2D eigenvalue weighted by atomic mass is 9.84. The SMILES string of the molecule is C=CCNC(=O)C(=O)C(CC1CC1)NC(=O)[C@@H]1[C@@H](C(C)C)CCN1C(=O)[C@@H](NC(=O)[C@@H](NS(=O)(=O)c1ncn[nH]1)c1ccccc1)C(C)(C)C. The molecule has 1 aromatic carbocycles. The summed E-state index contributed by atoms with van der Waals surface area (Å²) in [6, 6.07) is 3.47. The van der Waals surface area contributed by atoms with E-state index in [0.29, 0.717) is 18.4 Å². The number of rotatable bonds is 16. The van der Waals surface area contributed by atoms with Gasteiger partial charge in [0.1, 0.15) is 24.5 Å². The summed E-state index contributed by atoms with van der Waals surface area (Å²) in [4.78, 5) is 73.5. The number of aromatic amines is 1. The lowest BCUT2D eigenvalue weighted by Crippen LogP contribution is -2.61. The van der Waals surface area contributed by atoms with Crippen LogP contribution in [0.25, 0.3) is 0 Å². The number of Topliss-reactive ketones (excluding diaryl/α,β-unsaturated/α-hetero) is 1. The van der Waals surface area contributed by atoms with E-state index >= 15 is 0 Å². The molecule has 1 aliphatic heterocycles. The van der Waals surface area contributed by atoms with Crippen LogP contribution in [0, 0.1) is 23.2 Å². The highest BCUT2D eigenvalue weighted by molar-refractivity contribution is 7.89. The summed E-state index contributed by atoms with van der Waals surface area (Å²) in [7, 11) is -4.34. The third-order valence-corrected chi connectivity index (χ3v) is 10.3. The van der Waals surface area contributed by atoms with Crippen LogP contribution in [0.2, 0.25) is 0 Å². The number of nitrogens with one attached hydrogen (secondary N) is 5.